The Morgan fingerprint density at radius 2 is 1.86 bits per heavy atom. The van der Waals surface area contributed by atoms with Gasteiger partial charge in [-0.2, -0.15) is 0 Å². The number of hydrogen-bond donors (Lipinski definition) is 1. The smallest absolute Gasteiger partial charge is 0.317 e. The fraction of sp³-hybridized carbons (Fsp3) is 0.391. The highest BCUT2D eigenvalue weighted by molar-refractivity contribution is 5.96. The van der Waals surface area contributed by atoms with Crippen LogP contribution in [0.5, 0.6) is 0 Å². The van der Waals surface area contributed by atoms with Gasteiger partial charge in [-0.25, -0.2) is 4.79 Å². The summed E-state index contributed by atoms with van der Waals surface area (Å²) in [5.74, 6) is 0.0531. The summed E-state index contributed by atoms with van der Waals surface area (Å²) in [6.07, 6.45) is 2.33. The first kappa shape index (κ1) is 19.9. The number of amides is 3. The van der Waals surface area contributed by atoms with Gasteiger partial charge in [0.25, 0.3) is 0 Å². The summed E-state index contributed by atoms with van der Waals surface area (Å²) in [4.78, 5) is 28.9. The summed E-state index contributed by atoms with van der Waals surface area (Å²) in [6, 6.07) is 17.7. The summed E-state index contributed by atoms with van der Waals surface area (Å²) >= 11 is 0. The molecule has 1 heterocycles. The Hall–Kier alpha value is -2.82. The van der Waals surface area contributed by atoms with Gasteiger partial charge in [-0.3, -0.25) is 4.79 Å². The van der Waals surface area contributed by atoms with E-state index in [0.29, 0.717) is 26.1 Å². The first-order valence-corrected chi connectivity index (χ1v) is 10.0. The van der Waals surface area contributed by atoms with Crippen molar-refractivity contribution in [1.82, 2.24) is 10.2 Å². The molecular weight excluding hydrogens is 350 g/mol. The molecule has 5 heteroatoms. The third-order valence-electron chi connectivity index (χ3n) is 5.08. The van der Waals surface area contributed by atoms with E-state index >= 15 is 0 Å². The summed E-state index contributed by atoms with van der Waals surface area (Å²) in [5.41, 5.74) is 3.16. The normalized spacial score (nSPS) is 16.3. The van der Waals surface area contributed by atoms with Crippen molar-refractivity contribution in [2.24, 2.45) is 0 Å². The minimum Gasteiger partial charge on any atom is -0.333 e. The van der Waals surface area contributed by atoms with E-state index in [1.807, 2.05) is 66.4 Å². The van der Waals surface area contributed by atoms with Crippen molar-refractivity contribution in [2.45, 2.75) is 45.7 Å². The molecule has 0 bridgehead atoms. The largest absolute Gasteiger partial charge is 0.333 e. The number of unbranched alkanes of at least 4 members (excludes halogenated alkanes) is 1. The molecule has 1 saturated heterocycles. The topological polar surface area (TPSA) is 52.7 Å². The Kier molecular flexibility index (Phi) is 6.69. The van der Waals surface area contributed by atoms with Gasteiger partial charge in [-0.05, 0) is 31.0 Å². The molecule has 5 nitrogen and oxygen atoms in total. The number of carbonyl (C=O) groups is 2. The number of urea groups is 1. The molecule has 0 unspecified atom stereocenters. The van der Waals surface area contributed by atoms with E-state index in [4.69, 9.17) is 0 Å². The van der Waals surface area contributed by atoms with E-state index < -0.39 is 0 Å². The molecule has 2 aromatic rings. The van der Waals surface area contributed by atoms with E-state index in [2.05, 4.69) is 12.2 Å². The van der Waals surface area contributed by atoms with Gasteiger partial charge in [0, 0.05) is 31.7 Å². The zero-order valence-corrected chi connectivity index (χ0v) is 16.7. The molecule has 2 aromatic carbocycles. The van der Waals surface area contributed by atoms with Crippen LogP contribution in [0.2, 0.25) is 0 Å². The molecule has 0 radical (unpaired) electrons. The second kappa shape index (κ2) is 9.40. The molecule has 3 rings (SSSR count). The van der Waals surface area contributed by atoms with Crippen LogP contribution in [0.25, 0.3) is 0 Å². The highest BCUT2D eigenvalue weighted by atomic mass is 16.2. The summed E-state index contributed by atoms with van der Waals surface area (Å²) in [7, 11) is 0. The molecule has 1 aliphatic rings. The fourth-order valence-electron chi connectivity index (χ4n) is 3.45. The standard InChI is InChI=1S/C23H29N3O2/c1-3-4-14-25(16-19-8-6-5-7-9-19)23(28)24-20-15-22(27)26(17-20)21-12-10-18(2)11-13-21/h5-13,20H,3-4,14-17H2,1-2H3,(H,24,28)/t20-/m0/s1. The molecule has 3 amide bonds. The van der Waals surface area contributed by atoms with Crippen LogP contribution in [0.15, 0.2) is 54.6 Å². The lowest BCUT2D eigenvalue weighted by atomic mass is 10.2. The molecule has 0 aromatic heterocycles. The van der Waals surface area contributed by atoms with E-state index in [0.717, 1.165) is 29.7 Å². The number of nitrogens with zero attached hydrogens (tertiary/aromatic N) is 2. The molecule has 1 fully saturated rings. The second-order valence-electron chi connectivity index (χ2n) is 7.45. The van der Waals surface area contributed by atoms with Gasteiger partial charge in [-0.15, -0.1) is 0 Å². The average molecular weight is 380 g/mol. The maximum Gasteiger partial charge on any atom is 0.317 e. The number of benzene rings is 2. The number of rotatable bonds is 7. The quantitative estimate of drug-likeness (QED) is 0.787. The minimum atomic E-state index is -0.166. The maximum absolute atomic E-state index is 12.9. The van der Waals surface area contributed by atoms with Crippen molar-refractivity contribution in [3.05, 3.63) is 65.7 Å². The minimum absolute atomic E-state index is 0.0531. The third kappa shape index (κ3) is 5.12. The van der Waals surface area contributed by atoms with Crippen molar-refractivity contribution in [1.29, 1.82) is 0 Å². The Labute approximate surface area is 167 Å². The van der Waals surface area contributed by atoms with Gasteiger partial charge >= 0.3 is 6.03 Å². The molecule has 1 atom stereocenters. The van der Waals surface area contributed by atoms with Crippen LogP contribution in [-0.4, -0.2) is 36.0 Å². The van der Waals surface area contributed by atoms with Crippen LogP contribution in [0, 0.1) is 6.92 Å². The first-order valence-electron chi connectivity index (χ1n) is 10.0. The predicted octanol–water partition coefficient (Wildman–Crippen LogP) is 4.11. The Bertz CT molecular complexity index is 789. The second-order valence-corrected chi connectivity index (χ2v) is 7.45. The highest BCUT2D eigenvalue weighted by Crippen LogP contribution is 2.22. The molecular formula is C23H29N3O2. The number of hydrogen-bond acceptors (Lipinski definition) is 2. The van der Waals surface area contributed by atoms with Crippen LogP contribution in [0.1, 0.15) is 37.3 Å². The van der Waals surface area contributed by atoms with E-state index in [-0.39, 0.29) is 18.0 Å². The lowest BCUT2D eigenvalue weighted by Gasteiger charge is -2.25. The van der Waals surface area contributed by atoms with Crippen molar-refractivity contribution in [3.63, 3.8) is 0 Å². The van der Waals surface area contributed by atoms with Crippen molar-refractivity contribution in [2.75, 3.05) is 18.0 Å². The Morgan fingerprint density at radius 1 is 1.14 bits per heavy atom. The number of aryl methyl sites for hydroxylation is 1. The summed E-state index contributed by atoms with van der Waals surface area (Å²) < 4.78 is 0. The van der Waals surface area contributed by atoms with Gasteiger partial charge in [0.15, 0.2) is 0 Å². The molecule has 0 aliphatic carbocycles. The Balaban J connectivity index is 1.62. The van der Waals surface area contributed by atoms with Crippen LogP contribution in [-0.2, 0) is 11.3 Å². The highest BCUT2D eigenvalue weighted by Gasteiger charge is 2.32. The van der Waals surface area contributed by atoms with Gasteiger partial charge in [0.2, 0.25) is 5.91 Å². The zero-order valence-electron chi connectivity index (χ0n) is 16.7. The van der Waals surface area contributed by atoms with Crippen LogP contribution >= 0.6 is 0 Å². The number of carbonyl (C=O) groups excluding carboxylic acids is 2. The lowest BCUT2D eigenvalue weighted by Crippen LogP contribution is -2.45. The zero-order chi connectivity index (χ0) is 19.9. The van der Waals surface area contributed by atoms with Crippen molar-refractivity contribution < 1.29 is 9.59 Å². The van der Waals surface area contributed by atoms with Crippen molar-refractivity contribution >= 4 is 17.6 Å². The van der Waals surface area contributed by atoms with E-state index in [1.54, 1.807) is 4.90 Å². The molecule has 28 heavy (non-hydrogen) atoms. The maximum atomic E-state index is 12.9. The molecule has 0 saturated carbocycles. The van der Waals surface area contributed by atoms with Crippen LogP contribution < -0.4 is 10.2 Å². The van der Waals surface area contributed by atoms with Crippen LogP contribution in [0.4, 0.5) is 10.5 Å². The molecule has 1 N–H and O–H groups in total. The third-order valence-corrected chi connectivity index (χ3v) is 5.08. The predicted molar refractivity (Wildman–Crippen MR) is 112 cm³/mol. The summed E-state index contributed by atoms with van der Waals surface area (Å²) in [5, 5.41) is 3.07. The molecule has 148 valence electrons. The average Bonchev–Trinajstić information content (AvgIpc) is 3.06. The molecule has 0 spiro atoms. The van der Waals surface area contributed by atoms with Gasteiger partial charge < -0.3 is 15.1 Å². The van der Waals surface area contributed by atoms with Crippen molar-refractivity contribution in [3.8, 4) is 0 Å². The number of anilines is 1. The monoisotopic (exact) mass is 379 g/mol. The van der Waals surface area contributed by atoms with Crippen LogP contribution in [0.3, 0.4) is 0 Å². The Morgan fingerprint density at radius 3 is 2.54 bits per heavy atom. The van der Waals surface area contributed by atoms with E-state index in [1.165, 1.54) is 0 Å². The number of nitrogens with one attached hydrogen (secondary N) is 1. The molecule has 1 aliphatic heterocycles. The summed E-state index contributed by atoms with van der Waals surface area (Å²) in [6.45, 7) is 5.94. The SMILES string of the molecule is CCCCN(Cc1ccccc1)C(=O)N[C@H]1CC(=O)N(c2ccc(C)cc2)C1. The van der Waals surface area contributed by atoms with Gasteiger partial charge in [0.1, 0.15) is 0 Å². The van der Waals surface area contributed by atoms with E-state index in [9.17, 15) is 9.59 Å². The first-order chi connectivity index (χ1) is 13.6. The fourth-order valence-corrected chi connectivity index (χ4v) is 3.45. The lowest BCUT2D eigenvalue weighted by molar-refractivity contribution is -0.117. The van der Waals surface area contributed by atoms with Gasteiger partial charge in [-0.1, -0.05) is 61.4 Å². The van der Waals surface area contributed by atoms with Gasteiger partial charge in [0.05, 0.1) is 6.04 Å².